The van der Waals surface area contributed by atoms with Crippen LogP contribution in [-0.4, -0.2) is 31.4 Å². The molecule has 102 valence electrons. The van der Waals surface area contributed by atoms with E-state index in [1.54, 1.807) is 19.2 Å². The van der Waals surface area contributed by atoms with E-state index in [0.717, 1.165) is 37.1 Å². The highest BCUT2D eigenvalue weighted by molar-refractivity contribution is 5.62. The van der Waals surface area contributed by atoms with Gasteiger partial charge >= 0.3 is 0 Å². The van der Waals surface area contributed by atoms with Gasteiger partial charge in [0.1, 0.15) is 11.8 Å². The van der Waals surface area contributed by atoms with Crippen LogP contribution in [0.15, 0.2) is 18.2 Å². The van der Waals surface area contributed by atoms with Crippen LogP contribution < -0.4 is 9.64 Å². The lowest BCUT2D eigenvalue weighted by Gasteiger charge is -2.30. The highest BCUT2D eigenvalue weighted by Crippen LogP contribution is 2.32. The topological polar surface area (TPSA) is 56.5 Å². The lowest BCUT2D eigenvalue weighted by molar-refractivity contribution is 0.0559. The van der Waals surface area contributed by atoms with Crippen LogP contribution >= 0.6 is 0 Å². The van der Waals surface area contributed by atoms with Crippen LogP contribution in [-0.2, 0) is 0 Å². The third-order valence-corrected chi connectivity index (χ3v) is 3.80. The van der Waals surface area contributed by atoms with Gasteiger partial charge in [0.15, 0.2) is 0 Å². The number of benzene rings is 1. The average Bonchev–Trinajstić information content (AvgIpc) is 2.84. The number of hydrogen-bond acceptors (Lipinski definition) is 4. The van der Waals surface area contributed by atoms with Gasteiger partial charge in [-0.3, -0.25) is 0 Å². The van der Waals surface area contributed by atoms with Gasteiger partial charge in [0.2, 0.25) is 0 Å². The fraction of sp³-hybridized carbons (Fsp3) is 0.533. The first kappa shape index (κ1) is 13.7. The first-order valence-corrected chi connectivity index (χ1v) is 6.60. The lowest BCUT2D eigenvalue weighted by atomic mass is 10.0. The van der Waals surface area contributed by atoms with Gasteiger partial charge in [0, 0.05) is 19.7 Å². The smallest absolute Gasteiger partial charge is 0.121 e. The normalized spacial score (nSPS) is 16.9. The Kier molecular flexibility index (Phi) is 3.96. The van der Waals surface area contributed by atoms with Crippen molar-refractivity contribution in [2.75, 3.05) is 25.6 Å². The molecule has 1 aliphatic rings. The molecule has 0 amide bonds. The molecule has 0 aliphatic heterocycles. The zero-order chi connectivity index (χ0) is 13.9. The third-order valence-electron chi connectivity index (χ3n) is 3.80. The number of rotatable bonds is 4. The molecule has 0 aromatic heterocycles. The van der Waals surface area contributed by atoms with Crippen molar-refractivity contribution in [3.8, 4) is 11.8 Å². The van der Waals surface area contributed by atoms with Crippen LogP contribution in [0.5, 0.6) is 5.75 Å². The van der Waals surface area contributed by atoms with E-state index in [9.17, 15) is 10.4 Å². The minimum Gasteiger partial charge on any atom is -0.497 e. The summed E-state index contributed by atoms with van der Waals surface area (Å²) in [7, 11) is 3.52. The SMILES string of the molecule is COc1ccc(C#N)c(N(C)CC2(O)CCCC2)c1. The van der Waals surface area contributed by atoms with Gasteiger partial charge in [-0.2, -0.15) is 5.26 Å². The number of methoxy groups -OCH3 is 1. The average molecular weight is 260 g/mol. The number of aliphatic hydroxyl groups is 1. The summed E-state index contributed by atoms with van der Waals surface area (Å²) >= 11 is 0. The summed E-state index contributed by atoms with van der Waals surface area (Å²) in [6.45, 7) is 0.550. The molecule has 1 aromatic carbocycles. The van der Waals surface area contributed by atoms with Crippen LogP contribution in [0.2, 0.25) is 0 Å². The molecule has 0 heterocycles. The van der Waals surface area contributed by atoms with Crippen LogP contribution in [0.1, 0.15) is 31.2 Å². The van der Waals surface area contributed by atoms with Gasteiger partial charge in [-0.05, 0) is 25.0 Å². The van der Waals surface area contributed by atoms with Gasteiger partial charge in [-0.15, -0.1) is 0 Å². The van der Waals surface area contributed by atoms with Crippen LogP contribution in [0.3, 0.4) is 0 Å². The predicted octanol–water partition coefficient (Wildman–Crippen LogP) is 2.31. The van der Waals surface area contributed by atoms with Crippen molar-refractivity contribution >= 4 is 5.69 Å². The highest BCUT2D eigenvalue weighted by atomic mass is 16.5. The van der Waals surface area contributed by atoms with Crippen LogP contribution in [0.25, 0.3) is 0 Å². The molecule has 4 nitrogen and oxygen atoms in total. The van der Waals surface area contributed by atoms with E-state index in [1.807, 2.05) is 18.0 Å². The van der Waals surface area contributed by atoms with Crippen molar-refractivity contribution in [3.05, 3.63) is 23.8 Å². The largest absolute Gasteiger partial charge is 0.497 e. The Bertz CT molecular complexity index is 487. The highest BCUT2D eigenvalue weighted by Gasteiger charge is 2.32. The third kappa shape index (κ3) is 2.99. The Hall–Kier alpha value is -1.73. The molecule has 0 saturated heterocycles. The van der Waals surface area contributed by atoms with Gasteiger partial charge in [-0.25, -0.2) is 0 Å². The number of nitriles is 1. The maximum absolute atomic E-state index is 10.5. The van der Waals surface area contributed by atoms with Crippen LogP contribution in [0.4, 0.5) is 5.69 Å². The number of likely N-dealkylation sites (N-methyl/N-ethyl adjacent to an activating group) is 1. The zero-order valence-electron chi connectivity index (χ0n) is 11.5. The summed E-state index contributed by atoms with van der Waals surface area (Å²) in [6, 6.07) is 7.56. The van der Waals surface area contributed by atoms with E-state index < -0.39 is 5.60 Å². The summed E-state index contributed by atoms with van der Waals surface area (Å²) in [6.07, 6.45) is 3.83. The quantitative estimate of drug-likeness (QED) is 0.902. The van der Waals surface area contributed by atoms with Crippen molar-refractivity contribution in [2.45, 2.75) is 31.3 Å². The van der Waals surface area contributed by atoms with Crippen molar-refractivity contribution in [1.29, 1.82) is 5.26 Å². The molecular weight excluding hydrogens is 240 g/mol. The Morgan fingerprint density at radius 1 is 1.42 bits per heavy atom. The van der Waals surface area contributed by atoms with E-state index in [2.05, 4.69) is 6.07 Å². The summed E-state index contributed by atoms with van der Waals surface area (Å²) in [5.74, 6) is 0.722. The summed E-state index contributed by atoms with van der Waals surface area (Å²) < 4.78 is 5.20. The van der Waals surface area contributed by atoms with E-state index in [4.69, 9.17) is 4.74 Å². The van der Waals surface area contributed by atoms with Crippen LogP contribution in [0, 0.1) is 11.3 Å². The Morgan fingerprint density at radius 3 is 2.68 bits per heavy atom. The fourth-order valence-electron chi connectivity index (χ4n) is 2.77. The molecule has 0 radical (unpaired) electrons. The number of anilines is 1. The summed E-state index contributed by atoms with van der Waals surface area (Å²) in [5.41, 5.74) is 0.789. The molecule has 0 atom stereocenters. The monoisotopic (exact) mass is 260 g/mol. The van der Waals surface area contributed by atoms with Gasteiger partial charge in [0.25, 0.3) is 0 Å². The molecule has 19 heavy (non-hydrogen) atoms. The second-order valence-corrected chi connectivity index (χ2v) is 5.28. The lowest BCUT2D eigenvalue weighted by Crippen LogP contribution is -2.39. The van der Waals surface area contributed by atoms with Gasteiger partial charge < -0.3 is 14.7 Å². The van der Waals surface area contributed by atoms with Gasteiger partial charge in [0.05, 0.1) is 24.0 Å². The minimum atomic E-state index is -0.620. The number of nitrogens with zero attached hydrogens (tertiary/aromatic N) is 2. The Labute approximate surface area is 114 Å². The maximum Gasteiger partial charge on any atom is 0.121 e. The van der Waals surface area contributed by atoms with Gasteiger partial charge in [-0.1, -0.05) is 12.8 Å². The fourth-order valence-corrected chi connectivity index (χ4v) is 2.77. The predicted molar refractivity (Wildman–Crippen MR) is 74.4 cm³/mol. The molecule has 1 saturated carbocycles. The van der Waals surface area contributed by atoms with Crippen molar-refractivity contribution in [3.63, 3.8) is 0 Å². The molecule has 0 spiro atoms. The molecule has 2 rings (SSSR count). The molecule has 1 aromatic rings. The first-order chi connectivity index (χ1) is 9.08. The van der Waals surface area contributed by atoms with Crippen molar-refractivity contribution < 1.29 is 9.84 Å². The van der Waals surface area contributed by atoms with Crippen molar-refractivity contribution in [1.82, 2.24) is 0 Å². The van der Waals surface area contributed by atoms with E-state index in [0.29, 0.717) is 12.1 Å². The standard InChI is InChI=1S/C15H20N2O2/c1-17(11-15(18)7-3-4-8-15)14-9-13(19-2)6-5-12(14)10-16/h5-6,9,18H,3-4,7-8,11H2,1-2H3. The number of hydrogen-bond donors (Lipinski definition) is 1. The molecule has 1 N–H and O–H groups in total. The Balaban J connectivity index is 2.22. The maximum atomic E-state index is 10.5. The Morgan fingerprint density at radius 2 is 2.11 bits per heavy atom. The molecule has 0 bridgehead atoms. The minimum absolute atomic E-state index is 0.550. The summed E-state index contributed by atoms with van der Waals surface area (Å²) in [4.78, 5) is 1.95. The number of ether oxygens (including phenoxy) is 1. The van der Waals surface area contributed by atoms with E-state index in [-0.39, 0.29) is 0 Å². The second kappa shape index (κ2) is 5.50. The second-order valence-electron chi connectivity index (χ2n) is 5.28. The molecule has 0 unspecified atom stereocenters. The zero-order valence-corrected chi connectivity index (χ0v) is 11.5. The summed E-state index contributed by atoms with van der Waals surface area (Å²) in [5, 5.41) is 19.6. The van der Waals surface area contributed by atoms with E-state index >= 15 is 0 Å². The molecular formula is C15H20N2O2. The van der Waals surface area contributed by atoms with E-state index in [1.165, 1.54) is 0 Å². The molecule has 1 aliphatic carbocycles. The molecule has 4 heteroatoms. The van der Waals surface area contributed by atoms with Crippen molar-refractivity contribution in [2.24, 2.45) is 0 Å². The molecule has 1 fully saturated rings. The first-order valence-electron chi connectivity index (χ1n) is 6.60.